The zero-order chi connectivity index (χ0) is 22.1. The van der Waals surface area contributed by atoms with Gasteiger partial charge in [-0.1, -0.05) is 37.3 Å². The van der Waals surface area contributed by atoms with E-state index < -0.39 is 36.3 Å². The predicted octanol–water partition coefficient (Wildman–Crippen LogP) is 2.94. The number of benzene rings is 2. The van der Waals surface area contributed by atoms with E-state index in [1.165, 1.54) is 32.4 Å². The molecule has 0 aliphatic carbocycles. The predicted molar refractivity (Wildman–Crippen MR) is 108 cm³/mol. The van der Waals surface area contributed by atoms with Crippen LogP contribution in [0.15, 0.2) is 48.5 Å². The van der Waals surface area contributed by atoms with Gasteiger partial charge in [0.05, 0.1) is 37.0 Å². The normalized spacial score (nSPS) is 11.2. The molecule has 8 nitrogen and oxygen atoms in total. The number of amides is 1. The average molecular weight is 413 g/mol. The summed E-state index contributed by atoms with van der Waals surface area (Å²) in [7, 11) is 2.41. The molecule has 2 aromatic carbocycles. The molecule has 0 saturated carbocycles. The van der Waals surface area contributed by atoms with Crippen molar-refractivity contribution in [2.75, 3.05) is 26.1 Å². The van der Waals surface area contributed by atoms with Gasteiger partial charge in [0.1, 0.15) is 0 Å². The van der Waals surface area contributed by atoms with Crippen LogP contribution in [-0.4, -0.2) is 44.6 Å². The van der Waals surface area contributed by atoms with Crippen molar-refractivity contribution in [2.45, 2.75) is 19.3 Å². The fourth-order valence-electron chi connectivity index (χ4n) is 2.83. The standard InChI is InChI=1S/C22H23NO7/c1-4-16(14-8-6-5-7-9-14)22(27)30-13-19(24)23-18-12-15(20(25)28-2)10-11-17(18)21(26)29-3/h5-12,16H,4,13H2,1-3H3,(H,23,24). The van der Waals surface area contributed by atoms with E-state index in [0.29, 0.717) is 6.42 Å². The first-order chi connectivity index (χ1) is 14.4. The minimum Gasteiger partial charge on any atom is -0.465 e. The summed E-state index contributed by atoms with van der Waals surface area (Å²) in [5.41, 5.74) is 1.01. The maximum absolute atomic E-state index is 12.4. The monoisotopic (exact) mass is 413 g/mol. The summed E-state index contributed by atoms with van der Waals surface area (Å²) in [5, 5.41) is 2.47. The second kappa shape index (κ2) is 10.8. The van der Waals surface area contributed by atoms with E-state index in [9.17, 15) is 19.2 Å². The van der Waals surface area contributed by atoms with Crippen molar-refractivity contribution in [3.8, 4) is 0 Å². The Morgan fingerprint density at radius 3 is 2.20 bits per heavy atom. The second-order valence-electron chi connectivity index (χ2n) is 6.27. The highest BCUT2D eigenvalue weighted by Gasteiger charge is 2.22. The van der Waals surface area contributed by atoms with Crippen molar-refractivity contribution in [3.05, 3.63) is 65.2 Å². The Morgan fingerprint density at radius 1 is 0.933 bits per heavy atom. The van der Waals surface area contributed by atoms with Crippen molar-refractivity contribution in [1.82, 2.24) is 0 Å². The van der Waals surface area contributed by atoms with Gasteiger partial charge in [0, 0.05) is 0 Å². The van der Waals surface area contributed by atoms with E-state index >= 15 is 0 Å². The lowest BCUT2D eigenvalue weighted by atomic mass is 9.97. The molecule has 0 spiro atoms. The van der Waals surface area contributed by atoms with E-state index in [4.69, 9.17) is 4.74 Å². The average Bonchev–Trinajstić information content (AvgIpc) is 2.77. The van der Waals surface area contributed by atoms with E-state index in [1.807, 2.05) is 37.3 Å². The van der Waals surface area contributed by atoms with Crippen molar-refractivity contribution in [2.24, 2.45) is 0 Å². The number of hydrogen-bond acceptors (Lipinski definition) is 7. The zero-order valence-corrected chi connectivity index (χ0v) is 17.0. The van der Waals surface area contributed by atoms with Crippen LogP contribution >= 0.6 is 0 Å². The smallest absolute Gasteiger partial charge is 0.339 e. The third-order valence-corrected chi connectivity index (χ3v) is 4.36. The summed E-state index contributed by atoms with van der Waals surface area (Å²) in [4.78, 5) is 48.4. The molecule has 8 heteroatoms. The zero-order valence-electron chi connectivity index (χ0n) is 17.0. The maximum atomic E-state index is 12.4. The van der Waals surface area contributed by atoms with Crippen molar-refractivity contribution in [1.29, 1.82) is 0 Å². The summed E-state index contributed by atoms with van der Waals surface area (Å²) in [5.74, 6) is -3.03. The van der Waals surface area contributed by atoms with Crippen LogP contribution in [0.25, 0.3) is 0 Å². The molecule has 0 heterocycles. The molecule has 158 valence electrons. The van der Waals surface area contributed by atoms with Gasteiger partial charge in [0.15, 0.2) is 6.61 Å². The highest BCUT2D eigenvalue weighted by atomic mass is 16.5. The van der Waals surface area contributed by atoms with Gasteiger partial charge in [0.25, 0.3) is 5.91 Å². The number of esters is 3. The van der Waals surface area contributed by atoms with Gasteiger partial charge < -0.3 is 19.5 Å². The largest absolute Gasteiger partial charge is 0.465 e. The molecule has 1 N–H and O–H groups in total. The van der Waals surface area contributed by atoms with Gasteiger partial charge in [-0.25, -0.2) is 9.59 Å². The molecule has 0 radical (unpaired) electrons. The molecule has 1 unspecified atom stereocenters. The lowest BCUT2D eigenvalue weighted by Crippen LogP contribution is -2.25. The first-order valence-electron chi connectivity index (χ1n) is 9.23. The lowest BCUT2D eigenvalue weighted by Gasteiger charge is -2.15. The molecule has 0 aromatic heterocycles. The molecule has 1 atom stereocenters. The lowest BCUT2D eigenvalue weighted by molar-refractivity contribution is -0.149. The number of hydrogen-bond donors (Lipinski definition) is 1. The van der Waals surface area contributed by atoms with Crippen molar-refractivity contribution in [3.63, 3.8) is 0 Å². The Balaban J connectivity index is 2.10. The van der Waals surface area contributed by atoms with Crippen LogP contribution in [0.2, 0.25) is 0 Å². The number of rotatable bonds is 8. The highest BCUT2D eigenvalue weighted by molar-refractivity contribution is 6.04. The minimum absolute atomic E-state index is 0.0422. The molecular formula is C22H23NO7. The van der Waals surface area contributed by atoms with Crippen LogP contribution in [0.5, 0.6) is 0 Å². The van der Waals surface area contributed by atoms with E-state index in [-0.39, 0.29) is 16.8 Å². The Bertz CT molecular complexity index is 924. The van der Waals surface area contributed by atoms with Gasteiger partial charge in [-0.05, 0) is 30.2 Å². The van der Waals surface area contributed by atoms with Crippen LogP contribution in [0.4, 0.5) is 5.69 Å². The molecule has 0 fully saturated rings. The molecular weight excluding hydrogens is 390 g/mol. The van der Waals surface area contributed by atoms with Crippen LogP contribution < -0.4 is 5.32 Å². The van der Waals surface area contributed by atoms with Crippen molar-refractivity contribution >= 4 is 29.5 Å². The van der Waals surface area contributed by atoms with E-state index in [2.05, 4.69) is 14.8 Å². The SMILES string of the molecule is CCC(C(=O)OCC(=O)Nc1cc(C(=O)OC)ccc1C(=O)OC)c1ccccc1. The van der Waals surface area contributed by atoms with E-state index in [1.54, 1.807) is 0 Å². The quantitative estimate of drug-likeness (QED) is 0.524. The molecule has 0 aliphatic heterocycles. The topological polar surface area (TPSA) is 108 Å². The maximum Gasteiger partial charge on any atom is 0.339 e. The Morgan fingerprint density at radius 2 is 1.60 bits per heavy atom. The van der Waals surface area contributed by atoms with Gasteiger partial charge >= 0.3 is 17.9 Å². The third kappa shape index (κ3) is 5.66. The van der Waals surface area contributed by atoms with Gasteiger partial charge in [-0.2, -0.15) is 0 Å². The van der Waals surface area contributed by atoms with Crippen LogP contribution in [0, 0.1) is 0 Å². The summed E-state index contributed by atoms with van der Waals surface area (Å²) in [6.07, 6.45) is 0.512. The highest BCUT2D eigenvalue weighted by Crippen LogP contribution is 2.22. The molecule has 2 aromatic rings. The fourth-order valence-corrected chi connectivity index (χ4v) is 2.83. The minimum atomic E-state index is -0.700. The van der Waals surface area contributed by atoms with Gasteiger partial charge in [-0.3, -0.25) is 9.59 Å². The number of carbonyl (C=O) groups excluding carboxylic acids is 4. The molecule has 30 heavy (non-hydrogen) atoms. The summed E-state index contributed by atoms with van der Waals surface area (Å²) < 4.78 is 14.5. The van der Waals surface area contributed by atoms with Crippen molar-refractivity contribution < 1.29 is 33.4 Å². The summed E-state index contributed by atoms with van der Waals surface area (Å²) in [6, 6.07) is 13.1. The molecule has 0 bridgehead atoms. The molecule has 2 rings (SSSR count). The fraction of sp³-hybridized carbons (Fsp3) is 0.273. The number of nitrogens with one attached hydrogen (secondary N) is 1. The second-order valence-corrected chi connectivity index (χ2v) is 6.27. The molecule has 0 saturated heterocycles. The van der Waals surface area contributed by atoms with Gasteiger partial charge in [0.2, 0.25) is 0 Å². The first-order valence-corrected chi connectivity index (χ1v) is 9.23. The van der Waals surface area contributed by atoms with Crippen LogP contribution in [0.1, 0.15) is 45.5 Å². The Hall–Kier alpha value is -3.68. The van der Waals surface area contributed by atoms with Gasteiger partial charge in [-0.15, -0.1) is 0 Å². The van der Waals surface area contributed by atoms with Crippen LogP contribution in [0.3, 0.4) is 0 Å². The number of anilines is 1. The summed E-state index contributed by atoms with van der Waals surface area (Å²) in [6.45, 7) is 1.30. The Labute approximate surface area is 174 Å². The first kappa shape index (κ1) is 22.6. The number of methoxy groups -OCH3 is 2. The third-order valence-electron chi connectivity index (χ3n) is 4.36. The molecule has 1 amide bonds. The Kier molecular flexibility index (Phi) is 8.10. The molecule has 0 aliphatic rings. The number of carbonyl (C=O) groups is 4. The summed E-state index contributed by atoms with van der Waals surface area (Å²) >= 11 is 0. The van der Waals surface area contributed by atoms with Crippen LogP contribution in [-0.2, 0) is 23.8 Å². The number of ether oxygens (including phenoxy) is 3. The van der Waals surface area contributed by atoms with E-state index in [0.717, 1.165) is 5.56 Å².